The zero-order valence-electron chi connectivity index (χ0n) is 18.9. The summed E-state index contributed by atoms with van der Waals surface area (Å²) in [5, 5.41) is 1.56. The monoisotopic (exact) mass is 468 g/mol. The van der Waals surface area contributed by atoms with Gasteiger partial charge in [0.1, 0.15) is 11.5 Å². The van der Waals surface area contributed by atoms with Crippen molar-refractivity contribution in [2.75, 3.05) is 25.5 Å². The number of nitrogens with one attached hydrogen (secondary N) is 1. The Morgan fingerprint density at radius 3 is 2.18 bits per heavy atom. The summed E-state index contributed by atoms with van der Waals surface area (Å²) < 4.78 is 43.9. The van der Waals surface area contributed by atoms with Crippen molar-refractivity contribution in [3.63, 3.8) is 0 Å². The van der Waals surface area contributed by atoms with E-state index in [4.69, 9.17) is 4.74 Å². The summed E-state index contributed by atoms with van der Waals surface area (Å²) in [5.74, 6) is 0.358. The van der Waals surface area contributed by atoms with Gasteiger partial charge < -0.3 is 4.74 Å². The van der Waals surface area contributed by atoms with Crippen LogP contribution in [0.5, 0.6) is 5.75 Å². The molecular weight excluding hydrogens is 441 g/mol. The number of hydrogen-bond acceptors (Lipinski definition) is 4. The molecule has 1 aliphatic rings. The third-order valence-electron chi connectivity index (χ3n) is 6.22. The molecule has 7 heteroatoms. The predicted octanol–water partition coefficient (Wildman–Crippen LogP) is 5.85. The van der Waals surface area contributed by atoms with Crippen LogP contribution in [0.1, 0.15) is 29.0 Å². The summed E-state index contributed by atoms with van der Waals surface area (Å²) in [6, 6.07) is 24.3. The number of carbonyl (C=O) groups excluding carboxylic acids is 1. The highest BCUT2D eigenvalue weighted by Gasteiger charge is 2.35. The van der Waals surface area contributed by atoms with E-state index in [1.807, 2.05) is 60.7 Å². The van der Waals surface area contributed by atoms with E-state index < -0.39 is 6.30 Å². The SMILES string of the molecule is COc1ccc(NC(F)(F)F)cc1CN1CCC(=O)C(C(c2ccccc2)c2ccccc2)C1. The number of anilines is 1. The maximum Gasteiger partial charge on any atom is 0.482 e. The van der Waals surface area contributed by atoms with Crippen molar-refractivity contribution < 1.29 is 22.7 Å². The van der Waals surface area contributed by atoms with Gasteiger partial charge in [-0.3, -0.25) is 15.0 Å². The lowest BCUT2D eigenvalue weighted by Crippen LogP contribution is -2.43. The maximum absolute atomic E-state index is 13.1. The molecule has 0 amide bonds. The fraction of sp³-hybridized carbons (Fsp3) is 0.296. The number of methoxy groups -OCH3 is 1. The third-order valence-corrected chi connectivity index (χ3v) is 6.22. The Bertz CT molecular complexity index is 1060. The predicted molar refractivity (Wildman–Crippen MR) is 126 cm³/mol. The molecule has 0 aliphatic carbocycles. The van der Waals surface area contributed by atoms with E-state index in [1.54, 1.807) is 5.32 Å². The minimum Gasteiger partial charge on any atom is -0.496 e. The van der Waals surface area contributed by atoms with Crippen LogP contribution in [0.3, 0.4) is 0 Å². The van der Waals surface area contributed by atoms with Crippen LogP contribution in [0.25, 0.3) is 0 Å². The van der Waals surface area contributed by atoms with Crippen molar-refractivity contribution in [1.82, 2.24) is 4.90 Å². The molecule has 3 aromatic rings. The van der Waals surface area contributed by atoms with E-state index in [1.165, 1.54) is 25.3 Å². The molecule has 1 unspecified atom stereocenters. The molecule has 34 heavy (non-hydrogen) atoms. The Hall–Kier alpha value is -3.32. The van der Waals surface area contributed by atoms with Crippen LogP contribution in [-0.2, 0) is 11.3 Å². The number of hydrogen-bond donors (Lipinski definition) is 1. The van der Waals surface area contributed by atoms with Gasteiger partial charge in [0.25, 0.3) is 0 Å². The highest BCUT2D eigenvalue weighted by molar-refractivity contribution is 5.83. The highest BCUT2D eigenvalue weighted by Crippen LogP contribution is 2.36. The molecule has 4 rings (SSSR count). The molecule has 1 saturated heterocycles. The number of likely N-dealkylation sites (tertiary alicyclic amines) is 1. The molecule has 178 valence electrons. The van der Waals surface area contributed by atoms with Crippen LogP contribution < -0.4 is 10.1 Å². The molecule has 0 radical (unpaired) electrons. The van der Waals surface area contributed by atoms with E-state index in [9.17, 15) is 18.0 Å². The van der Waals surface area contributed by atoms with Gasteiger partial charge in [-0.2, -0.15) is 13.2 Å². The molecule has 0 bridgehead atoms. The van der Waals surface area contributed by atoms with Gasteiger partial charge in [0, 0.05) is 49.1 Å². The first-order valence-corrected chi connectivity index (χ1v) is 11.2. The Labute approximate surface area is 197 Å². The van der Waals surface area contributed by atoms with Gasteiger partial charge in [-0.25, -0.2) is 0 Å². The molecule has 3 aromatic carbocycles. The van der Waals surface area contributed by atoms with Gasteiger partial charge in [-0.1, -0.05) is 60.7 Å². The van der Waals surface area contributed by atoms with Gasteiger partial charge in [0.2, 0.25) is 0 Å². The number of carbonyl (C=O) groups is 1. The van der Waals surface area contributed by atoms with E-state index in [0.29, 0.717) is 37.4 Å². The second-order valence-electron chi connectivity index (χ2n) is 8.51. The summed E-state index contributed by atoms with van der Waals surface area (Å²) >= 11 is 0. The lowest BCUT2D eigenvalue weighted by Gasteiger charge is -2.36. The second-order valence-corrected chi connectivity index (χ2v) is 8.51. The normalized spacial score (nSPS) is 17.1. The van der Waals surface area contributed by atoms with Crippen LogP contribution >= 0.6 is 0 Å². The molecule has 1 aliphatic heterocycles. The average molecular weight is 469 g/mol. The molecule has 1 atom stereocenters. The first-order valence-electron chi connectivity index (χ1n) is 11.2. The minimum absolute atomic E-state index is 0.0422. The number of Topliss-reactive ketones (excluding diaryl/α,β-unsaturated/α-hetero) is 1. The molecule has 1 N–H and O–H groups in total. The average Bonchev–Trinajstić information content (AvgIpc) is 2.82. The smallest absolute Gasteiger partial charge is 0.482 e. The van der Waals surface area contributed by atoms with E-state index >= 15 is 0 Å². The molecule has 0 spiro atoms. The number of alkyl halides is 3. The fourth-order valence-electron chi connectivity index (χ4n) is 4.72. The molecule has 0 aromatic heterocycles. The van der Waals surface area contributed by atoms with Gasteiger partial charge in [-0.15, -0.1) is 0 Å². The van der Waals surface area contributed by atoms with Crippen molar-refractivity contribution in [3.8, 4) is 5.75 Å². The van der Waals surface area contributed by atoms with Crippen LogP contribution in [0.4, 0.5) is 18.9 Å². The van der Waals surface area contributed by atoms with Crippen LogP contribution in [0.2, 0.25) is 0 Å². The van der Waals surface area contributed by atoms with Gasteiger partial charge >= 0.3 is 6.30 Å². The van der Waals surface area contributed by atoms with Crippen molar-refractivity contribution >= 4 is 11.5 Å². The van der Waals surface area contributed by atoms with Crippen molar-refractivity contribution in [2.24, 2.45) is 5.92 Å². The lowest BCUT2D eigenvalue weighted by atomic mass is 9.76. The molecular formula is C27H27F3N2O2. The fourth-order valence-corrected chi connectivity index (χ4v) is 4.72. The van der Waals surface area contributed by atoms with Gasteiger partial charge in [0.15, 0.2) is 0 Å². The molecule has 1 heterocycles. The second kappa shape index (κ2) is 10.3. The Balaban J connectivity index is 1.61. The number of benzene rings is 3. The van der Waals surface area contributed by atoms with Gasteiger partial charge in [0.05, 0.1) is 7.11 Å². The first kappa shape index (κ1) is 23.8. The summed E-state index contributed by atoms with van der Waals surface area (Å²) in [6.07, 6.45) is -4.13. The van der Waals surface area contributed by atoms with Crippen molar-refractivity contribution in [1.29, 1.82) is 0 Å². The molecule has 4 nitrogen and oxygen atoms in total. The first-order chi connectivity index (χ1) is 16.3. The molecule has 0 saturated carbocycles. The Morgan fingerprint density at radius 1 is 1.00 bits per heavy atom. The molecule has 1 fully saturated rings. The van der Waals surface area contributed by atoms with E-state index in [0.717, 1.165) is 11.1 Å². The zero-order chi connectivity index (χ0) is 24.1. The van der Waals surface area contributed by atoms with Crippen molar-refractivity contribution in [3.05, 3.63) is 95.6 Å². The van der Waals surface area contributed by atoms with E-state index in [2.05, 4.69) is 4.90 Å². The quantitative estimate of drug-likeness (QED) is 0.442. The number of nitrogens with zero attached hydrogens (tertiary/aromatic N) is 1. The van der Waals surface area contributed by atoms with E-state index in [-0.39, 0.29) is 23.3 Å². The van der Waals surface area contributed by atoms with Gasteiger partial charge in [-0.05, 0) is 29.3 Å². The largest absolute Gasteiger partial charge is 0.496 e. The van der Waals surface area contributed by atoms with Crippen molar-refractivity contribution in [2.45, 2.75) is 25.2 Å². The standard InChI is InChI=1S/C27H27F3N2O2/c1-34-25-13-12-22(31-27(28,29)30)16-21(25)17-32-15-14-24(33)23(18-32)26(19-8-4-2-5-9-19)20-10-6-3-7-11-20/h2-13,16,23,26,31H,14-15,17-18H2,1H3. The maximum atomic E-state index is 13.1. The topological polar surface area (TPSA) is 41.6 Å². The lowest BCUT2D eigenvalue weighted by molar-refractivity contribution is -0.127. The highest BCUT2D eigenvalue weighted by atomic mass is 19.4. The number of ketones is 1. The van der Waals surface area contributed by atoms with Crippen LogP contribution in [-0.4, -0.2) is 37.2 Å². The summed E-state index contributed by atoms with van der Waals surface area (Å²) in [6.45, 7) is 1.44. The Kier molecular flexibility index (Phi) is 7.22. The Morgan fingerprint density at radius 2 is 1.62 bits per heavy atom. The number of rotatable bonds is 7. The minimum atomic E-state index is -4.52. The van der Waals surface area contributed by atoms with Crippen LogP contribution in [0.15, 0.2) is 78.9 Å². The zero-order valence-corrected chi connectivity index (χ0v) is 18.9. The summed E-state index contributed by atoms with van der Waals surface area (Å²) in [5.41, 5.74) is 2.74. The number of piperidine rings is 1. The third kappa shape index (κ3) is 5.78. The summed E-state index contributed by atoms with van der Waals surface area (Å²) in [7, 11) is 1.50. The summed E-state index contributed by atoms with van der Waals surface area (Å²) in [4.78, 5) is 15.3. The van der Waals surface area contributed by atoms with Crippen LogP contribution in [0, 0.1) is 5.92 Å². The number of ether oxygens (including phenoxy) is 1. The number of halogens is 3.